The maximum absolute atomic E-state index is 3.78. The van der Waals surface area contributed by atoms with E-state index in [-0.39, 0.29) is 7.43 Å². The minimum atomic E-state index is 0. The van der Waals surface area contributed by atoms with Gasteiger partial charge in [0.25, 0.3) is 0 Å². The van der Waals surface area contributed by atoms with Crippen molar-refractivity contribution in [1.82, 2.24) is 4.98 Å². The second-order valence-corrected chi connectivity index (χ2v) is 4.02. The number of aromatic nitrogens is 1. The summed E-state index contributed by atoms with van der Waals surface area (Å²) >= 11 is 0. The molecule has 0 saturated heterocycles. The van der Waals surface area contributed by atoms with Crippen LogP contribution in [-0.4, -0.2) is 4.98 Å². The largest absolute Gasteiger partial charge is 0.265 e. The maximum Gasteiger partial charge on any atom is 0.0267 e. The van der Waals surface area contributed by atoms with Gasteiger partial charge in [-0.15, -0.1) is 0 Å². The average Bonchev–Trinajstić information content (AvgIpc) is 2.08. The summed E-state index contributed by atoms with van der Waals surface area (Å²) in [4.78, 5) is 3.78. The molecule has 0 N–H and O–H groups in total. The van der Waals surface area contributed by atoms with Crippen molar-refractivity contribution in [3.05, 3.63) is 30.6 Å². The van der Waals surface area contributed by atoms with E-state index >= 15 is 0 Å². The Kier molecular flexibility index (Phi) is 16.4. The monoisotopic (exact) mass is 197 g/mol. The van der Waals surface area contributed by atoms with E-state index in [1.54, 1.807) is 12.4 Å². The molecule has 1 rings (SSSR count). The SMILES string of the molecule is C.CC.CC(C)(C)C.c1ccncc1. The molecule has 1 heterocycles. The maximum atomic E-state index is 3.78. The molecule has 0 fully saturated rings. The van der Waals surface area contributed by atoms with Crippen molar-refractivity contribution in [3.63, 3.8) is 0 Å². The van der Waals surface area contributed by atoms with E-state index in [0.717, 1.165) is 0 Å². The zero-order valence-corrected chi connectivity index (χ0v) is 9.83. The van der Waals surface area contributed by atoms with Crippen molar-refractivity contribution in [2.45, 2.75) is 49.0 Å². The zero-order valence-electron chi connectivity index (χ0n) is 9.83. The molecule has 0 bridgehead atoms. The van der Waals surface area contributed by atoms with Gasteiger partial charge in [-0.1, -0.05) is 55.0 Å². The van der Waals surface area contributed by atoms with Crippen LogP contribution in [0.1, 0.15) is 49.0 Å². The number of hydrogen-bond acceptors (Lipinski definition) is 1. The second kappa shape index (κ2) is 12.2. The van der Waals surface area contributed by atoms with Crippen molar-refractivity contribution >= 4 is 0 Å². The van der Waals surface area contributed by atoms with Gasteiger partial charge in [0.05, 0.1) is 0 Å². The van der Waals surface area contributed by atoms with Gasteiger partial charge >= 0.3 is 0 Å². The molecule has 0 atom stereocenters. The summed E-state index contributed by atoms with van der Waals surface area (Å²) < 4.78 is 0. The quantitative estimate of drug-likeness (QED) is 0.582. The van der Waals surface area contributed by atoms with Crippen LogP contribution in [0.2, 0.25) is 0 Å². The molecule has 0 saturated carbocycles. The summed E-state index contributed by atoms with van der Waals surface area (Å²) in [5.41, 5.74) is 0.500. The van der Waals surface area contributed by atoms with Gasteiger partial charge in [-0.05, 0) is 17.5 Å². The highest BCUT2D eigenvalue weighted by atomic mass is 14.6. The highest BCUT2D eigenvalue weighted by molar-refractivity contribution is 4.88. The number of rotatable bonds is 0. The van der Waals surface area contributed by atoms with Crippen LogP contribution in [0.25, 0.3) is 0 Å². The molecular formula is C13H27N. The number of pyridine rings is 1. The first kappa shape index (κ1) is 18.8. The Morgan fingerprint density at radius 3 is 1.14 bits per heavy atom. The van der Waals surface area contributed by atoms with Crippen molar-refractivity contribution in [1.29, 1.82) is 0 Å². The Hall–Kier alpha value is -0.850. The Balaban J connectivity index is -0.000000141. The molecular weight excluding hydrogens is 170 g/mol. The first-order valence-electron chi connectivity index (χ1n) is 4.85. The van der Waals surface area contributed by atoms with Crippen molar-refractivity contribution in [2.75, 3.05) is 0 Å². The molecule has 0 aliphatic rings. The standard InChI is InChI=1S/C5H5N.C5H12.C2H6.CH4/c1-2-4-6-5-3-1;1-5(2,3)4;1-2;/h1-5H;1-4H3;1-2H3;1H4. The van der Waals surface area contributed by atoms with Gasteiger partial charge in [0.1, 0.15) is 0 Å². The Morgan fingerprint density at radius 1 is 0.786 bits per heavy atom. The van der Waals surface area contributed by atoms with Gasteiger partial charge in [0, 0.05) is 12.4 Å². The Bertz CT molecular complexity index is 130. The van der Waals surface area contributed by atoms with E-state index in [9.17, 15) is 0 Å². The summed E-state index contributed by atoms with van der Waals surface area (Å²) in [6, 6.07) is 5.72. The van der Waals surface area contributed by atoms with Gasteiger partial charge < -0.3 is 0 Å². The van der Waals surface area contributed by atoms with Crippen LogP contribution in [-0.2, 0) is 0 Å². The van der Waals surface area contributed by atoms with Gasteiger partial charge in [0.2, 0.25) is 0 Å². The van der Waals surface area contributed by atoms with E-state index in [1.165, 1.54) is 0 Å². The fraction of sp³-hybridized carbons (Fsp3) is 0.615. The number of nitrogens with zero attached hydrogens (tertiary/aromatic N) is 1. The minimum Gasteiger partial charge on any atom is -0.265 e. The van der Waals surface area contributed by atoms with E-state index in [2.05, 4.69) is 32.7 Å². The molecule has 0 unspecified atom stereocenters. The molecule has 0 aliphatic heterocycles. The summed E-state index contributed by atoms with van der Waals surface area (Å²) in [5.74, 6) is 0. The van der Waals surface area contributed by atoms with E-state index < -0.39 is 0 Å². The van der Waals surface area contributed by atoms with E-state index in [4.69, 9.17) is 0 Å². The first-order chi connectivity index (χ1) is 6.00. The number of hydrogen-bond donors (Lipinski definition) is 0. The zero-order chi connectivity index (χ0) is 10.7. The minimum absolute atomic E-state index is 0. The molecule has 1 aromatic rings. The van der Waals surface area contributed by atoms with Crippen LogP contribution in [0.4, 0.5) is 0 Å². The smallest absolute Gasteiger partial charge is 0.0267 e. The lowest BCUT2D eigenvalue weighted by atomic mass is 10.0. The molecule has 84 valence electrons. The lowest BCUT2D eigenvalue weighted by molar-refractivity contribution is 0.469. The van der Waals surface area contributed by atoms with Crippen molar-refractivity contribution < 1.29 is 0 Å². The summed E-state index contributed by atoms with van der Waals surface area (Å²) in [6.07, 6.45) is 3.50. The van der Waals surface area contributed by atoms with Crippen LogP contribution in [0, 0.1) is 5.41 Å². The molecule has 1 heteroatoms. The van der Waals surface area contributed by atoms with Gasteiger partial charge in [-0.25, -0.2) is 0 Å². The predicted octanol–water partition coefficient (Wildman–Crippen LogP) is 4.80. The van der Waals surface area contributed by atoms with Crippen LogP contribution in [0.5, 0.6) is 0 Å². The topological polar surface area (TPSA) is 12.9 Å². The predicted molar refractivity (Wildman–Crippen MR) is 67.4 cm³/mol. The van der Waals surface area contributed by atoms with Gasteiger partial charge in [0.15, 0.2) is 0 Å². The molecule has 1 aromatic heterocycles. The lowest BCUT2D eigenvalue weighted by Crippen LogP contribution is -1.93. The molecule has 0 aliphatic carbocycles. The Morgan fingerprint density at radius 2 is 1.07 bits per heavy atom. The molecule has 1 nitrogen and oxygen atoms in total. The summed E-state index contributed by atoms with van der Waals surface area (Å²) in [5, 5.41) is 0. The fourth-order valence-corrected chi connectivity index (χ4v) is 0.313. The van der Waals surface area contributed by atoms with Gasteiger partial charge in [-0.2, -0.15) is 0 Å². The third kappa shape index (κ3) is 43.3. The first-order valence-corrected chi connectivity index (χ1v) is 4.85. The Labute approximate surface area is 90.6 Å². The third-order valence-electron chi connectivity index (χ3n) is 0.566. The second-order valence-electron chi connectivity index (χ2n) is 4.02. The van der Waals surface area contributed by atoms with Crippen LogP contribution in [0.15, 0.2) is 30.6 Å². The lowest BCUT2D eigenvalue weighted by Gasteiger charge is -2.05. The normalized spacial score (nSPS) is 8.14. The molecule has 0 aromatic carbocycles. The third-order valence-corrected chi connectivity index (χ3v) is 0.566. The van der Waals surface area contributed by atoms with Crippen molar-refractivity contribution in [3.8, 4) is 0 Å². The fourth-order valence-electron chi connectivity index (χ4n) is 0.313. The summed E-state index contributed by atoms with van der Waals surface area (Å²) in [6.45, 7) is 12.8. The van der Waals surface area contributed by atoms with E-state index in [1.807, 2.05) is 32.0 Å². The average molecular weight is 197 g/mol. The molecule has 0 radical (unpaired) electrons. The van der Waals surface area contributed by atoms with E-state index in [0.29, 0.717) is 5.41 Å². The molecule has 0 spiro atoms. The molecule has 0 amide bonds. The van der Waals surface area contributed by atoms with Gasteiger partial charge in [-0.3, -0.25) is 4.98 Å². The van der Waals surface area contributed by atoms with Crippen LogP contribution in [0.3, 0.4) is 0 Å². The highest BCUT2D eigenvalue weighted by Crippen LogP contribution is 2.07. The highest BCUT2D eigenvalue weighted by Gasteiger charge is 1.95. The van der Waals surface area contributed by atoms with Crippen molar-refractivity contribution in [2.24, 2.45) is 5.41 Å². The van der Waals surface area contributed by atoms with Crippen LogP contribution < -0.4 is 0 Å². The summed E-state index contributed by atoms with van der Waals surface area (Å²) in [7, 11) is 0. The van der Waals surface area contributed by atoms with Crippen LogP contribution >= 0.6 is 0 Å². The molecule has 14 heavy (non-hydrogen) atoms.